The van der Waals surface area contributed by atoms with Crippen molar-refractivity contribution in [3.8, 4) is 11.5 Å². The van der Waals surface area contributed by atoms with Gasteiger partial charge in [0.2, 0.25) is 0 Å². The summed E-state index contributed by atoms with van der Waals surface area (Å²) in [5.41, 5.74) is 0.449. The van der Waals surface area contributed by atoms with E-state index in [9.17, 15) is 13.6 Å². The minimum absolute atomic E-state index is 0.229. The van der Waals surface area contributed by atoms with Crippen LogP contribution in [0, 0.1) is 0 Å². The van der Waals surface area contributed by atoms with Crippen LogP contribution >= 0.6 is 0 Å². The summed E-state index contributed by atoms with van der Waals surface area (Å²) >= 11 is 0. The molecule has 1 N–H and O–H groups in total. The van der Waals surface area contributed by atoms with Gasteiger partial charge in [-0.1, -0.05) is 6.07 Å². The number of carbonyl (C=O) groups is 1. The number of nitrogens with zero attached hydrogens (tertiary/aromatic N) is 1. The van der Waals surface area contributed by atoms with Crippen molar-refractivity contribution >= 4 is 5.97 Å². The van der Waals surface area contributed by atoms with Gasteiger partial charge in [-0.15, -0.1) is 0 Å². The number of alkyl halides is 2. The van der Waals surface area contributed by atoms with E-state index in [1.807, 2.05) is 0 Å². The highest BCUT2D eigenvalue weighted by Gasteiger charge is 2.30. The number of hydrogen-bond donors (Lipinski definition) is 1. The Hall–Kier alpha value is -1.73. The van der Waals surface area contributed by atoms with E-state index >= 15 is 0 Å². The van der Waals surface area contributed by atoms with Crippen LogP contribution in [0.1, 0.15) is 18.5 Å². The largest absolute Gasteiger partial charge is 0.493 e. The van der Waals surface area contributed by atoms with Gasteiger partial charge < -0.3 is 14.8 Å². The normalized spacial score (nSPS) is 17.3. The van der Waals surface area contributed by atoms with E-state index in [-0.39, 0.29) is 11.5 Å². The van der Waals surface area contributed by atoms with E-state index in [0.717, 1.165) is 0 Å². The molecule has 0 bridgehead atoms. The molecule has 2 rings (SSSR count). The van der Waals surface area contributed by atoms with Gasteiger partial charge in [0, 0.05) is 33.1 Å². The highest BCUT2D eigenvalue weighted by Crippen LogP contribution is 2.35. The van der Waals surface area contributed by atoms with Crippen LogP contribution in [0.2, 0.25) is 0 Å². The van der Waals surface area contributed by atoms with Crippen molar-refractivity contribution in [3.63, 3.8) is 0 Å². The van der Waals surface area contributed by atoms with Crippen LogP contribution in [0.3, 0.4) is 0 Å². The number of esters is 1. The SMILES string of the molecule is COc1cc([C@@H](C(F)F)N2CCNCC2)ccc1OC(C)=O. The van der Waals surface area contributed by atoms with Crippen molar-refractivity contribution in [2.45, 2.75) is 19.4 Å². The summed E-state index contributed by atoms with van der Waals surface area (Å²) in [6, 6.07) is 3.56. The first-order valence-corrected chi connectivity index (χ1v) is 7.12. The highest BCUT2D eigenvalue weighted by molar-refractivity contribution is 5.70. The monoisotopic (exact) mass is 314 g/mol. The number of rotatable bonds is 5. The standard InChI is InChI=1S/C15H20F2N2O3/c1-10(20)22-12-4-3-11(9-13(12)21-2)14(15(16)17)19-7-5-18-6-8-19/h3-4,9,14-15,18H,5-8H2,1-2H3/t14-/m0/s1. The molecule has 0 aliphatic carbocycles. The predicted octanol–water partition coefficient (Wildman–Crippen LogP) is 1.83. The summed E-state index contributed by atoms with van der Waals surface area (Å²) < 4.78 is 37.2. The van der Waals surface area contributed by atoms with Crippen LogP contribution in [0.15, 0.2) is 18.2 Å². The molecule has 1 atom stereocenters. The average Bonchev–Trinajstić information content (AvgIpc) is 2.49. The fourth-order valence-electron chi connectivity index (χ4n) is 2.58. The Bertz CT molecular complexity index is 520. The Balaban J connectivity index is 2.29. The zero-order valence-corrected chi connectivity index (χ0v) is 12.6. The summed E-state index contributed by atoms with van der Waals surface area (Å²) in [7, 11) is 1.41. The third kappa shape index (κ3) is 3.92. The van der Waals surface area contributed by atoms with E-state index < -0.39 is 18.4 Å². The third-order valence-electron chi connectivity index (χ3n) is 3.57. The molecule has 122 valence electrons. The highest BCUT2D eigenvalue weighted by atomic mass is 19.3. The third-order valence-corrected chi connectivity index (χ3v) is 3.57. The van der Waals surface area contributed by atoms with Crippen LogP contribution in [0.25, 0.3) is 0 Å². The quantitative estimate of drug-likeness (QED) is 0.664. The van der Waals surface area contributed by atoms with Crippen molar-refractivity contribution in [1.82, 2.24) is 10.2 Å². The number of benzene rings is 1. The summed E-state index contributed by atoms with van der Waals surface area (Å²) in [4.78, 5) is 12.8. The summed E-state index contributed by atoms with van der Waals surface area (Å²) in [6.45, 7) is 3.76. The van der Waals surface area contributed by atoms with Gasteiger partial charge in [0.25, 0.3) is 6.43 Å². The second-order valence-corrected chi connectivity index (χ2v) is 5.07. The van der Waals surface area contributed by atoms with E-state index in [1.165, 1.54) is 26.2 Å². The Labute approximate surface area is 128 Å². The minimum atomic E-state index is -2.51. The van der Waals surface area contributed by atoms with Gasteiger partial charge in [-0.2, -0.15) is 0 Å². The zero-order chi connectivity index (χ0) is 16.1. The van der Waals surface area contributed by atoms with Crippen LogP contribution in [0.4, 0.5) is 8.78 Å². The lowest BCUT2D eigenvalue weighted by atomic mass is 10.0. The van der Waals surface area contributed by atoms with Gasteiger partial charge in [0.05, 0.1) is 13.2 Å². The van der Waals surface area contributed by atoms with Gasteiger partial charge in [0.1, 0.15) is 0 Å². The number of ether oxygens (including phenoxy) is 2. The number of halogens is 2. The molecule has 1 fully saturated rings. The first-order valence-electron chi connectivity index (χ1n) is 7.12. The van der Waals surface area contributed by atoms with Crippen molar-refractivity contribution in [2.75, 3.05) is 33.3 Å². The molecular formula is C15H20F2N2O3. The molecular weight excluding hydrogens is 294 g/mol. The van der Waals surface area contributed by atoms with Gasteiger partial charge in [-0.3, -0.25) is 9.69 Å². The Morgan fingerprint density at radius 2 is 1.95 bits per heavy atom. The van der Waals surface area contributed by atoms with Crippen LogP contribution in [-0.2, 0) is 4.79 Å². The molecule has 0 spiro atoms. The molecule has 1 heterocycles. The number of piperazine rings is 1. The molecule has 0 radical (unpaired) electrons. The number of nitrogens with one attached hydrogen (secondary N) is 1. The predicted molar refractivity (Wildman–Crippen MR) is 77.5 cm³/mol. The smallest absolute Gasteiger partial charge is 0.308 e. The van der Waals surface area contributed by atoms with Gasteiger partial charge >= 0.3 is 5.97 Å². The molecule has 1 aliphatic heterocycles. The van der Waals surface area contributed by atoms with Gasteiger partial charge in [-0.25, -0.2) is 8.78 Å². The second-order valence-electron chi connectivity index (χ2n) is 5.07. The molecule has 1 aromatic rings. The average molecular weight is 314 g/mol. The first kappa shape index (κ1) is 16.6. The molecule has 1 saturated heterocycles. The topological polar surface area (TPSA) is 50.8 Å². The van der Waals surface area contributed by atoms with Gasteiger partial charge in [-0.05, 0) is 17.7 Å². The maximum Gasteiger partial charge on any atom is 0.308 e. The minimum Gasteiger partial charge on any atom is -0.493 e. The van der Waals surface area contributed by atoms with Crippen molar-refractivity contribution < 1.29 is 23.0 Å². The fraction of sp³-hybridized carbons (Fsp3) is 0.533. The summed E-state index contributed by atoms with van der Waals surface area (Å²) in [5.74, 6) is 0.0131. The maximum absolute atomic E-state index is 13.5. The lowest BCUT2D eigenvalue weighted by molar-refractivity contribution is -0.132. The van der Waals surface area contributed by atoms with E-state index in [1.54, 1.807) is 11.0 Å². The number of hydrogen-bond acceptors (Lipinski definition) is 5. The molecule has 0 unspecified atom stereocenters. The molecule has 5 nitrogen and oxygen atoms in total. The first-order chi connectivity index (χ1) is 10.5. The van der Waals surface area contributed by atoms with Gasteiger partial charge in [0.15, 0.2) is 11.5 Å². The summed E-state index contributed by atoms with van der Waals surface area (Å²) in [6.07, 6.45) is -2.51. The lowest BCUT2D eigenvalue weighted by Gasteiger charge is -2.34. The van der Waals surface area contributed by atoms with Crippen LogP contribution in [0.5, 0.6) is 11.5 Å². The number of carbonyl (C=O) groups excluding carboxylic acids is 1. The molecule has 22 heavy (non-hydrogen) atoms. The zero-order valence-electron chi connectivity index (χ0n) is 12.6. The Morgan fingerprint density at radius 3 is 2.50 bits per heavy atom. The van der Waals surface area contributed by atoms with E-state index in [2.05, 4.69) is 5.32 Å². The molecule has 7 heteroatoms. The maximum atomic E-state index is 13.5. The van der Waals surface area contributed by atoms with Crippen LogP contribution < -0.4 is 14.8 Å². The molecule has 1 aromatic carbocycles. The fourth-order valence-corrected chi connectivity index (χ4v) is 2.58. The second kappa shape index (κ2) is 7.51. The Morgan fingerprint density at radius 1 is 1.27 bits per heavy atom. The summed E-state index contributed by atoms with van der Waals surface area (Å²) in [5, 5.41) is 3.14. The molecule has 0 amide bonds. The van der Waals surface area contributed by atoms with E-state index in [4.69, 9.17) is 9.47 Å². The van der Waals surface area contributed by atoms with E-state index in [0.29, 0.717) is 31.7 Å². The Kier molecular flexibility index (Phi) is 5.68. The van der Waals surface area contributed by atoms with Crippen LogP contribution in [-0.4, -0.2) is 50.6 Å². The molecule has 0 aromatic heterocycles. The van der Waals surface area contributed by atoms with Crippen molar-refractivity contribution in [3.05, 3.63) is 23.8 Å². The van der Waals surface area contributed by atoms with Crippen molar-refractivity contribution in [1.29, 1.82) is 0 Å². The molecule has 0 saturated carbocycles. The number of methoxy groups -OCH3 is 1. The lowest BCUT2D eigenvalue weighted by Crippen LogP contribution is -2.46. The molecule has 1 aliphatic rings. The van der Waals surface area contributed by atoms with Crippen molar-refractivity contribution in [2.24, 2.45) is 0 Å².